The van der Waals surface area contributed by atoms with Crippen LogP contribution in [0.4, 0.5) is 0 Å². The minimum absolute atomic E-state index is 0.0523. The molecule has 0 saturated carbocycles. The molecule has 1 aromatic heterocycles. The van der Waals surface area contributed by atoms with E-state index in [1.807, 2.05) is 24.3 Å². The van der Waals surface area contributed by atoms with Crippen molar-refractivity contribution in [1.29, 1.82) is 0 Å². The standard InChI is InChI=1S/C16H19N3O2/c1-16(2,3)11-4-6-12(7-5-11)21-13-8-9-18-14(10-13)15(17)19-20/h4-10,20H,1-3H3,(H2,17,19). The van der Waals surface area contributed by atoms with E-state index in [2.05, 4.69) is 30.9 Å². The number of pyridine rings is 1. The molecule has 2 aromatic rings. The van der Waals surface area contributed by atoms with Gasteiger partial charge in [0.05, 0.1) is 0 Å². The molecule has 3 N–H and O–H groups in total. The van der Waals surface area contributed by atoms with Crippen LogP contribution >= 0.6 is 0 Å². The number of ether oxygens (including phenoxy) is 1. The number of rotatable bonds is 3. The van der Waals surface area contributed by atoms with E-state index in [9.17, 15) is 0 Å². The number of nitrogens with two attached hydrogens (primary N) is 1. The molecule has 2 rings (SSSR count). The monoisotopic (exact) mass is 285 g/mol. The van der Waals surface area contributed by atoms with Gasteiger partial charge < -0.3 is 15.7 Å². The molecule has 0 unspecified atom stereocenters. The molecule has 0 bridgehead atoms. The van der Waals surface area contributed by atoms with Crippen molar-refractivity contribution in [3.8, 4) is 11.5 Å². The smallest absolute Gasteiger partial charge is 0.188 e. The molecule has 0 atom stereocenters. The van der Waals surface area contributed by atoms with Gasteiger partial charge in [-0.1, -0.05) is 38.1 Å². The highest BCUT2D eigenvalue weighted by molar-refractivity contribution is 5.95. The summed E-state index contributed by atoms with van der Waals surface area (Å²) >= 11 is 0. The second-order valence-electron chi connectivity index (χ2n) is 5.74. The van der Waals surface area contributed by atoms with Gasteiger partial charge in [0.2, 0.25) is 0 Å². The van der Waals surface area contributed by atoms with Gasteiger partial charge in [0.1, 0.15) is 17.2 Å². The average molecular weight is 285 g/mol. The van der Waals surface area contributed by atoms with Crippen LogP contribution in [0, 0.1) is 0 Å². The molecule has 5 nitrogen and oxygen atoms in total. The van der Waals surface area contributed by atoms with Crippen LogP contribution in [0.1, 0.15) is 32.0 Å². The van der Waals surface area contributed by atoms with Crippen LogP contribution in [0.2, 0.25) is 0 Å². The predicted molar refractivity (Wildman–Crippen MR) is 82.0 cm³/mol. The van der Waals surface area contributed by atoms with Crippen molar-refractivity contribution < 1.29 is 9.94 Å². The summed E-state index contributed by atoms with van der Waals surface area (Å²) in [5.74, 6) is 1.25. The molecule has 21 heavy (non-hydrogen) atoms. The third-order valence-corrected chi connectivity index (χ3v) is 3.06. The van der Waals surface area contributed by atoms with E-state index in [0.717, 1.165) is 5.75 Å². The first kappa shape index (κ1) is 14.8. The second kappa shape index (κ2) is 5.83. The first-order valence-corrected chi connectivity index (χ1v) is 6.62. The average Bonchev–Trinajstić information content (AvgIpc) is 2.46. The molecule has 0 fully saturated rings. The number of benzene rings is 1. The number of oxime groups is 1. The van der Waals surface area contributed by atoms with Gasteiger partial charge >= 0.3 is 0 Å². The highest BCUT2D eigenvalue weighted by Crippen LogP contribution is 2.26. The molecule has 0 saturated heterocycles. The minimum atomic E-state index is -0.0523. The fourth-order valence-corrected chi connectivity index (χ4v) is 1.83. The van der Waals surface area contributed by atoms with Crippen molar-refractivity contribution in [1.82, 2.24) is 4.98 Å². The molecule has 1 heterocycles. The zero-order chi connectivity index (χ0) is 15.5. The third kappa shape index (κ3) is 3.72. The Hall–Kier alpha value is -2.56. The normalized spacial score (nSPS) is 12.2. The molecule has 0 aliphatic carbocycles. The summed E-state index contributed by atoms with van der Waals surface area (Å²) < 4.78 is 5.75. The van der Waals surface area contributed by atoms with Gasteiger partial charge in [-0.15, -0.1) is 0 Å². The zero-order valence-electron chi connectivity index (χ0n) is 12.4. The third-order valence-electron chi connectivity index (χ3n) is 3.06. The maximum atomic E-state index is 8.66. The van der Waals surface area contributed by atoms with E-state index in [1.165, 1.54) is 5.56 Å². The van der Waals surface area contributed by atoms with E-state index in [4.69, 9.17) is 15.7 Å². The van der Waals surface area contributed by atoms with Gasteiger partial charge in [-0.05, 0) is 29.2 Å². The number of aromatic nitrogens is 1. The first-order chi connectivity index (χ1) is 9.90. The Labute approximate surface area is 124 Å². The van der Waals surface area contributed by atoms with Crippen molar-refractivity contribution >= 4 is 5.84 Å². The van der Waals surface area contributed by atoms with Crippen molar-refractivity contribution in [2.75, 3.05) is 0 Å². The van der Waals surface area contributed by atoms with E-state index in [1.54, 1.807) is 18.3 Å². The number of hydrogen-bond acceptors (Lipinski definition) is 4. The summed E-state index contributed by atoms with van der Waals surface area (Å²) in [6.45, 7) is 6.49. The van der Waals surface area contributed by atoms with Crippen LogP contribution in [-0.2, 0) is 5.41 Å². The van der Waals surface area contributed by atoms with Crippen LogP contribution in [0.5, 0.6) is 11.5 Å². The Morgan fingerprint density at radius 3 is 2.38 bits per heavy atom. The van der Waals surface area contributed by atoms with E-state index < -0.39 is 0 Å². The zero-order valence-corrected chi connectivity index (χ0v) is 12.4. The maximum absolute atomic E-state index is 8.66. The van der Waals surface area contributed by atoms with E-state index >= 15 is 0 Å². The van der Waals surface area contributed by atoms with Crippen molar-refractivity contribution in [3.05, 3.63) is 53.9 Å². The molecule has 0 radical (unpaired) electrons. The maximum Gasteiger partial charge on any atom is 0.188 e. The second-order valence-corrected chi connectivity index (χ2v) is 5.74. The van der Waals surface area contributed by atoms with Crippen LogP contribution in [0.3, 0.4) is 0 Å². The SMILES string of the molecule is CC(C)(C)c1ccc(Oc2ccnc(C(N)=NO)c2)cc1. The molecule has 0 aliphatic rings. The van der Waals surface area contributed by atoms with Crippen LogP contribution in [0.25, 0.3) is 0 Å². The Morgan fingerprint density at radius 2 is 1.81 bits per heavy atom. The number of amidine groups is 1. The fourth-order valence-electron chi connectivity index (χ4n) is 1.83. The topological polar surface area (TPSA) is 80.7 Å². The molecule has 1 aromatic carbocycles. The minimum Gasteiger partial charge on any atom is -0.457 e. The van der Waals surface area contributed by atoms with E-state index in [-0.39, 0.29) is 11.3 Å². The highest BCUT2D eigenvalue weighted by Gasteiger charge is 2.13. The Balaban J connectivity index is 2.19. The molecule has 5 heteroatoms. The predicted octanol–water partition coefficient (Wildman–Crippen LogP) is 3.27. The fraction of sp³-hybridized carbons (Fsp3) is 0.250. The van der Waals surface area contributed by atoms with Crippen LogP contribution < -0.4 is 10.5 Å². The summed E-state index contributed by atoms with van der Waals surface area (Å²) in [6, 6.07) is 11.3. The van der Waals surface area contributed by atoms with Gasteiger partial charge in [0, 0.05) is 12.3 Å². The Bertz CT molecular complexity index is 643. The molecular formula is C16H19N3O2. The molecule has 0 spiro atoms. The lowest BCUT2D eigenvalue weighted by Gasteiger charge is -2.19. The van der Waals surface area contributed by atoms with Crippen molar-refractivity contribution in [3.63, 3.8) is 0 Å². The summed E-state index contributed by atoms with van der Waals surface area (Å²) in [5, 5.41) is 11.6. The molecular weight excluding hydrogens is 266 g/mol. The van der Waals surface area contributed by atoms with Gasteiger partial charge in [-0.25, -0.2) is 0 Å². The van der Waals surface area contributed by atoms with Gasteiger partial charge in [0.15, 0.2) is 5.84 Å². The largest absolute Gasteiger partial charge is 0.457 e. The highest BCUT2D eigenvalue weighted by atomic mass is 16.5. The summed E-state index contributed by atoms with van der Waals surface area (Å²) in [6.07, 6.45) is 1.55. The van der Waals surface area contributed by atoms with Crippen LogP contribution in [-0.4, -0.2) is 16.0 Å². The Kier molecular flexibility index (Phi) is 4.12. The van der Waals surface area contributed by atoms with Crippen LogP contribution in [0.15, 0.2) is 47.8 Å². The lowest BCUT2D eigenvalue weighted by atomic mass is 9.87. The van der Waals surface area contributed by atoms with Crippen molar-refractivity contribution in [2.45, 2.75) is 26.2 Å². The van der Waals surface area contributed by atoms with Gasteiger partial charge in [0.25, 0.3) is 0 Å². The Morgan fingerprint density at radius 1 is 1.14 bits per heavy atom. The molecule has 0 amide bonds. The van der Waals surface area contributed by atoms with Gasteiger partial charge in [-0.3, -0.25) is 4.98 Å². The number of nitrogens with zero attached hydrogens (tertiary/aromatic N) is 2. The molecule has 110 valence electrons. The van der Waals surface area contributed by atoms with Gasteiger partial charge in [-0.2, -0.15) is 0 Å². The van der Waals surface area contributed by atoms with E-state index in [0.29, 0.717) is 11.4 Å². The number of hydrogen-bond donors (Lipinski definition) is 2. The summed E-state index contributed by atoms with van der Waals surface area (Å²) in [5.41, 5.74) is 7.21. The summed E-state index contributed by atoms with van der Waals surface area (Å²) in [7, 11) is 0. The molecule has 0 aliphatic heterocycles. The lowest BCUT2D eigenvalue weighted by Crippen LogP contribution is -2.14. The first-order valence-electron chi connectivity index (χ1n) is 6.62. The quantitative estimate of drug-likeness (QED) is 0.392. The summed E-state index contributed by atoms with van der Waals surface area (Å²) in [4.78, 5) is 4.00. The lowest BCUT2D eigenvalue weighted by molar-refractivity contribution is 0.318. The van der Waals surface area contributed by atoms with Crippen molar-refractivity contribution in [2.24, 2.45) is 10.9 Å².